The first kappa shape index (κ1) is 27.2. The van der Waals surface area contributed by atoms with E-state index in [1.165, 1.54) is 34.9 Å². The van der Waals surface area contributed by atoms with Crippen LogP contribution in [0.25, 0.3) is 21.6 Å². The molecule has 0 unspecified atom stereocenters. The second kappa shape index (κ2) is 12.2. The van der Waals surface area contributed by atoms with Crippen molar-refractivity contribution in [2.24, 2.45) is 7.05 Å². The van der Waals surface area contributed by atoms with Gasteiger partial charge in [-0.15, -0.1) is 21.5 Å². The van der Waals surface area contributed by atoms with Gasteiger partial charge < -0.3 is 15.2 Å². The number of carbonyl (C=O) groups is 2. The number of amides is 2. The third-order valence-corrected chi connectivity index (χ3v) is 9.22. The van der Waals surface area contributed by atoms with Gasteiger partial charge in [0.05, 0.1) is 21.7 Å². The zero-order valence-corrected chi connectivity index (χ0v) is 24.2. The van der Waals surface area contributed by atoms with E-state index in [9.17, 15) is 9.59 Å². The van der Waals surface area contributed by atoms with E-state index < -0.39 is 0 Å². The fourth-order valence-corrected chi connectivity index (χ4v) is 6.44. The number of anilines is 2. The number of thiazole rings is 1. The van der Waals surface area contributed by atoms with Gasteiger partial charge in [-0.1, -0.05) is 71.5 Å². The van der Waals surface area contributed by atoms with Crippen LogP contribution in [-0.4, -0.2) is 43.1 Å². The summed E-state index contributed by atoms with van der Waals surface area (Å²) in [6.45, 7) is 1.91. The molecule has 3 aromatic carbocycles. The normalized spacial score (nSPS) is 11.1. The van der Waals surface area contributed by atoms with Crippen molar-refractivity contribution in [3.05, 3.63) is 77.3 Å². The quantitative estimate of drug-likeness (QED) is 0.187. The standard InChI is InChI=1S/C27H23ClN6O2S3/c1-16-8-9-18(12-20(16)28)29-24(36)15-38-27-31-21-11-10-19(13-22(21)39-27)30-23(35)14-37-26-33-32-25(34(26)2)17-6-4-3-5-7-17/h3-13H,14-15H2,1-2H3,(H,29,36)(H,30,35). The summed E-state index contributed by atoms with van der Waals surface area (Å²) >= 11 is 10.3. The molecule has 39 heavy (non-hydrogen) atoms. The topological polar surface area (TPSA) is 102 Å². The molecule has 2 amide bonds. The number of nitrogens with one attached hydrogen (secondary N) is 2. The molecule has 5 aromatic rings. The first-order valence-electron chi connectivity index (χ1n) is 11.8. The Kier molecular flexibility index (Phi) is 8.51. The van der Waals surface area contributed by atoms with Crippen molar-refractivity contribution in [2.75, 3.05) is 22.1 Å². The molecule has 198 valence electrons. The third-order valence-electron chi connectivity index (χ3n) is 5.63. The maximum atomic E-state index is 12.6. The molecule has 2 heterocycles. The monoisotopic (exact) mass is 594 g/mol. The molecule has 0 radical (unpaired) electrons. The Morgan fingerprint density at radius 1 is 0.923 bits per heavy atom. The molecule has 0 bridgehead atoms. The summed E-state index contributed by atoms with van der Waals surface area (Å²) in [6.07, 6.45) is 0. The van der Waals surface area contributed by atoms with Crippen molar-refractivity contribution in [1.82, 2.24) is 19.7 Å². The van der Waals surface area contributed by atoms with Crippen molar-refractivity contribution in [3.8, 4) is 11.4 Å². The molecular formula is C27H23ClN6O2S3. The van der Waals surface area contributed by atoms with E-state index in [2.05, 4.69) is 25.8 Å². The van der Waals surface area contributed by atoms with Gasteiger partial charge in [0, 0.05) is 29.0 Å². The van der Waals surface area contributed by atoms with Crippen LogP contribution >= 0.6 is 46.5 Å². The lowest BCUT2D eigenvalue weighted by atomic mass is 10.2. The number of hydrogen-bond donors (Lipinski definition) is 2. The van der Waals surface area contributed by atoms with E-state index in [-0.39, 0.29) is 23.3 Å². The maximum absolute atomic E-state index is 12.6. The van der Waals surface area contributed by atoms with Gasteiger partial charge in [0.1, 0.15) is 0 Å². The van der Waals surface area contributed by atoms with E-state index in [1.54, 1.807) is 6.07 Å². The first-order chi connectivity index (χ1) is 18.9. The zero-order valence-electron chi connectivity index (χ0n) is 21.0. The average molecular weight is 595 g/mol. The van der Waals surface area contributed by atoms with Gasteiger partial charge in [0.2, 0.25) is 11.8 Å². The Bertz CT molecular complexity index is 1650. The molecule has 0 fully saturated rings. The molecule has 0 aliphatic rings. The van der Waals surface area contributed by atoms with Crippen molar-refractivity contribution >= 4 is 79.9 Å². The van der Waals surface area contributed by atoms with Gasteiger partial charge in [-0.3, -0.25) is 9.59 Å². The summed E-state index contributed by atoms with van der Waals surface area (Å²) < 4.78 is 3.58. The smallest absolute Gasteiger partial charge is 0.234 e. The van der Waals surface area contributed by atoms with Gasteiger partial charge in [-0.05, 0) is 42.8 Å². The van der Waals surface area contributed by atoms with E-state index in [4.69, 9.17) is 11.6 Å². The summed E-state index contributed by atoms with van der Waals surface area (Å²) in [5.41, 5.74) is 4.08. The number of fused-ring (bicyclic) bond motifs is 1. The Balaban J connectivity index is 1.14. The van der Waals surface area contributed by atoms with Crippen LogP contribution in [0.1, 0.15) is 5.56 Å². The van der Waals surface area contributed by atoms with Crippen molar-refractivity contribution < 1.29 is 9.59 Å². The van der Waals surface area contributed by atoms with Crippen LogP contribution in [0.2, 0.25) is 5.02 Å². The summed E-state index contributed by atoms with van der Waals surface area (Å²) in [5.74, 6) is 0.892. The highest BCUT2D eigenvalue weighted by atomic mass is 35.5. The summed E-state index contributed by atoms with van der Waals surface area (Å²) in [7, 11) is 1.89. The Morgan fingerprint density at radius 2 is 1.62 bits per heavy atom. The third kappa shape index (κ3) is 6.80. The molecule has 5 rings (SSSR count). The van der Waals surface area contributed by atoms with Crippen LogP contribution in [0, 0.1) is 6.92 Å². The number of benzene rings is 3. The number of aromatic nitrogens is 4. The average Bonchev–Trinajstić information content (AvgIpc) is 3.51. The molecule has 2 aromatic heterocycles. The molecule has 12 heteroatoms. The van der Waals surface area contributed by atoms with Crippen LogP contribution in [0.5, 0.6) is 0 Å². The van der Waals surface area contributed by atoms with Crippen LogP contribution in [-0.2, 0) is 16.6 Å². The summed E-state index contributed by atoms with van der Waals surface area (Å²) in [4.78, 5) is 29.6. The van der Waals surface area contributed by atoms with Gasteiger partial charge in [0.15, 0.2) is 15.3 Å². The second-order valence-electron chi connectivity index (χ2n) is 8.53. The van der Waals surface area contributed by atoms with Crippen LogP contribution < -0.4 is 10.6 Å². The maximum Gasteiger partial charge on any atom is 0.234 e. The lowest BCUT2D eigenvalue weighted by Crippen LogP contribution is -2.14. The van der Waals surface area contributed by atoms with E-state index in [0.717, 1.165) is 31.5 Å². The minimum atomic E-state index is -0.143. The molecule has 8 nitrogen and oxygen atoms in total. The number of hydrogen-bond acceptors (Lipinski definition) is 8. The minimum absolute atomic E-state index is 0.136. The van der Waals surface area contributed by atoms with Crippen molar-refractivity contribution in [3.63, 3.8) is 0 Å². The van der Waals surface area contributed by atoms with Crippen LogP contribution in [0.4, 0.5) is 11.4 Å². The highest BCUT2D eigenvalue weighted by Gasteiger charge is 2.14. The fraction of sp³-hybridized carbons (Fsp3) is 0.148. The number of carbonyl (C=O) groups excluding carboxylic acids is 2. The number of halogens is 1. The molecule has 0 spiro atoms. The molecule has 0 aliphatic heterocycles. The Labute approximate surface area is 242 Å². The number of aryl methyl sites for hydroxylation is 1. The fourth-order valence-electron chi connectivity index (χ4n) is 3.64. The van der Waals surface area contributed by atoms with E-state index in [1.807, 2.05) is 79.2 Å². The van der Waals surface area contributed by atoms with Crippen molar-refractivity contribution in [1.29, 1.82) is 0 Å². The minimum Gasteiger partial charge on any atom is -0.325 e. The van der Waals surface area contributed by atoms with E-state index >= 15 is 0 Å². The molecule has 0 saturated carbocycles. The number of nitrogens with zero attached hydrogens (tertiary/aromatic N) is 4. The first-order valence-corrected chi connectivity index (χ1v) is 15.0. The molecule has 0 aliphatic carbocycles. The lowest BCUT2D eigenvalue weighted by molar-refractivity contribution is -0.114. The molecular weight excluding hydrogens is 572 g/mol. The molecule has 0 saturated heterocycles. The van der Waals surface area contributed by atoms with E-state index in [0.29, 0.717) is 21.6 Å². The lowest BCUT2D eigenvalue weighted by Gasteiger charge is -2.06. The zero-order chi connectivity index (χ0) is 27.4. The number of rotatable bonds is 9. The predicted molar refractivity (Wildman–Crippen MR) is 161 cm³/mol. The SMILES string of the molecule is Cc1ccc(NC(=O)CSc2nc3ccc(NC(=O)CSc4nnc(-c5ccccc5)n4C)cc3s2)cc1Cl. The van der Waals surface area contributed by atoms with Crippen molar-refractivity contribution in [2.45, 2.75) is 16.4 Å². The second-order valence-corrected chi connectivity index (χ2v) is 12.1. The molecule has 2 N–H and O–H groups in total. The Morgan fingerprint density at radius 3 is 2.36 bits per heavy atom. The highest BCUT2D eigenvalue weighted by Crippen LogP contribution is 2.32. The van der Waals surface area contributed by atoms with Gasteiger partial charge in [-0.2, -0.15) is 0 Å². The van der Waals surface area contributed by atoms with Crippen LogP contribution in [0.3, 0.4) is 0 Å². The summed E-state index contributed by atoms with van der Waals surface area (Å²) in [6, 6.07) is 20.8. The van der Waals surface area contributed by atoms with Gasteiger partial charge >= 0.3 is 0 Å². The molecule has 0 atom stereocenters. The van der Waals surface area contributed by atoms with Gasteiger partial charge in [0.25, 0.3) is 0 Å². The Hall–Kier alpha value is -3.38. The predicted octanol–water partition coefficient (Wildman–Crippen LogP) is 6.52. The highest BCUT2D eigenvalue weighted by molar-refractivity contribution is 8.01. The number of thioether (sulfide) groups is 2. The van der Waals surface area contributed by atoms with Gasteiger partial charge in [-0.25, -0.2) is 4.98 Å². The van der Waals surface area contributed by atoms with Crippen LogP contribution in [0.15, 0.2) is 76.2 Å². The summed E-state index contributed by atoms with van der Waals surface area (Å²) in [5, 5.41) is 15.6. The largest absolute Gasteiger partial charge is 0.325 e.